The van der Waals surface area contributed by atoms with Crippen LogP contribution < -0.4 is 10.9 Å². The Labute approximate surface area is 115 Å². The molecule has 0 saturated heterocycles. The van der Waals surface area contributed by atoms with Crippen molar-refractivity contribution in [1.29, 1.82) is 0 Å². The van der Waals surface area contributed by atoms with Gasteiger partial charge in [-0.3, -0.25) is 14.2 Å². The maximum atomic E-state index is 12.1. The van der Waals surface area contributed by atoms with Crippen molar-refractivity contribution in [2.45, 2.75) is 33.4 Å². The van der Waals surface area contributed by atoms with Crippen LogP contribution in [-0.2, 0) is 11.3 Å². The number of thiophene rings is 1. The highest BCUT2D eigenvalue weighted by atomic mass is 32.1. The van der Waals surface area contributed by atoms with E-state index in [-0.39, 0.29) is 24.1 Å². The van der Waals surface area contributed by atoms with E-state index < -0.39 is 0 Å². The van der Waals surface area contributed by atoms with Crippen LogP contribution in [0.25, 0.3) is 10.2 Å². The van der Waals surface area contributed by atoms with E-state index in [1.54, 1.807) is 6.07 Å². The third-order valence-electron chi connectivity index (χ3n) is 3.14. The third-order valence-corrected chi connectivity index (χ3v) is 4.03. The molecule has 19 heavy (non-hydrogen) atoms. The summed E-state index contributed by atoms with van der Waals surface area (Å²) in [6.45, 7) is 6.04. The normalized spacial score (nSPS) is 12.8. The molecule has 2 rings (SSSR count). The largest absolute Gasteiger partial charge is 0.352 e. The van der Waals surface area contributed by atoms with Crippen LogP contribution in [0, 0.1) is 5.92 Å². The van der Waals surface area contributed by atoms with Crippen LogP contribution in [-0.4, -0.2) is 21.5 Å². The van der Waals surface area contributed by atoms with Crippen LogP contribution >= 0.6 is 11.3 Å². The molecule has 0 fully saturated rings. The van der Waals surface area contributed by atoms with E-state index in [1.807, 2.05) is 26.2 Å². The van der Waals surface area contributed by atoms with E-state index in [4.69, 9.17) is 0 Å². The van der Waals surface area contributed by atoms with Gasteiger partial charge in [-0.05, 0) is 24.3 Å². The summed E-state index contributed by atoms with van der Waals surface area (Å²) in [5.74, 6) is 0.194. The van der Waals surface area contributed by atoms with Gasteiger partial charge in [0.25, 0.3) is 5.56 Å². The van der Waals surface area contributed by atoms with Crippen molar-refractivity contribution in [3.05, 3.63) is 28.1 Å². The molecule has 102 valence electrons. The van der Waals surface area contributed by atoms with Crippen molar-refractivity contribution in [2.24, 2.45) is 5.92 Å². The molecule has 0 aliphatic rings. The summed E-state index contributed by atoms with van der Waals surface area (Å²) >= 11 is 1.35. The molecule has 1 amide bonds. The van der Waals surface area contributed by atoms with Crippen molar-refractivity contribution in [3.8, 4) is 0 Å². The predicted octanol–water partition coefficient (Wildman–Crippen LogP) is 1.62. The van der Waals surface area contributed by atoms with Crippen molar-refractivity contribution >= 4 is 27.5 Å². The molecular weight excluding hydrogens is 262 g/mol. The second-order valence-electron chi connectivity index (χ2n) is 4.91. The quantitative estimate of drug-likeness (QED) is 0.925. The SMILES string of the molecule is CC(C)[C@H](C)NC(=O)Cn1cnc2ccsc2c1=O. The van der Waals surface area contributed by atoms with Crippen LogP contribution in [0.15, 0.2) is 22.6 Å². The van der Waals surface area contributed by atoms with Crippen molar-refractivity contribution in [1.82, 2.24) is 14.9 Å². The molecule has 0 aliphatic carbocycles. The molecule has 6 heteroatoms. The van der Waals surface area contributed by atoms with Gasteiger partial charge in [0.15, 0.2) is 0 Å². The highest BCUT2D eigenvalue weighted by Crippen LogP contribution is 2.12. The third kappa shape index (κ3) is 3.01. The Balaban J connectivity index is 2.15. The number of rotatable bonds is 4. The van der Waals surface area contributed by atoms with Gasteiger partial charge in [0.1, 0.15) is 11.2 Å². The number of carbonyl (C=O) groups excluding carboxylic acids is 1. The fourth-order valence-corrected chi connectivity index (χ4v) is 2.41. The van der Waals surface area contributed by atoms with Gasteiger partial charge in [-0.2, -0.15) is 0 Å². The lowest BCUT2D eigenvalue weighted by Gasteiger charge is -2.17. The Kier molecular flexibility index (Phi) is 3.99. The van der Waals surface area contributed by atoms with Gasteiger partial charge in [-0.25, -0.2) is 4.98 Å². The standard InChI is InChI=1S/C13H17N3O2S/c1-8(2)9(3)15-11(17)6-16-7-14-10-4-5-19-12(10)13(16)18/h4-5,7-9H,6H2,1-3H3,(H,15,17)/t9-/m0/s1. The van der Waals surface area contributed by atoms with E-state index in [2.05, 4.69) is 10.3 Å². The van der Waals surface area contributed by atoms with E-state index in [0.717, 1.165) is 0 Å². The molecule has 0 unspecified atom stereocenters. The van der Waals surface area contributed by atoms with E-state index in [0.29, 0.717) is 16.1 Å². The van der Waals surface area contributed by atoms with Crippen molar-refractivity contribution in [3.63, 3.8) is 0 Å². The number of hydrogen-bond donors (Lipinski definition) is 1. The number of nitrogens with one attached hydrogen (secondary N) is 1. The summed E-state index contributed by atoms with van der Waals surface area (Å²) in [6, 6.07) is 1.88. The van der Waals surface area contributed by atoms with Gasteiger partial charge >= 0.3 is 0 Å². The second-order valence-corrected chi connectivity index (χ2v) is 5.83. The number of carbonyl (C=O) groups is 1. The number of aromatic nitrogens is 2. The zero-order valence-corrected chi connectivity index (χ0v) is 12.0. The Morgan fingerprint density at radius 3 is 2.89 bits per heavy atom. The number of hydrogen-bond acceptors (Lipinski definition) is 4. The summed E-state index contributed by atoms with van der Waals surface area (Å²) < 4.78 is 1.94. The lowest BCUT2D eigenvalue weighted by atomic mass is 10.1. The van der Waals surface area contributed by atoms with Crippen LogP contribution in [0.1, 0.15) is 20.8 Å². The number of amides is 1. The molecule has 0 aromatic carbocycles. The topological polar surface area (TPSA) is 64.0 Å². The summed E-state index contributed by atoms with van der Waals surface area (Å²) in [4.78, 5) is 28.1. The van der Waals surface area contributed by atoms with Crippen molar-refractivity contribution < 1.29 is 4.79 Å². The first-order valence-electron chi connectivity index (χ1n) is 6.21. The predicted molar refractivity (Wildman–Crippen MR) is 76.3 cm³/mol. The average molecular weight is 279 g/mol. The Morgan fingerprint density at radius 2 is 2.21 bits per heavy atom. The first kappa shape index (κ1) is 13.7. The second kappa shape index (κ2) is 5.52. The van der Waals surface area contributed by atoms with Gasteiger partial charge < -0.3 is 5.32 Å². The van der Waals surface area contributed by atoms with Gasteiger partial charge in [0.2, 0.25) is 5.91 Å². The molecule has 2 heterocycles. The minimum absolute atomic E-state index is 0.0106. The summed E-state index contributed by atoms with van der Waals surface area (Å²) in [7, 11) is 0. The fraction of sp³-hybridized carbons (Fsp3) is 0.462. The Hall–Kier alpha value is -1.69. The molecule has 2 aromatic rings. The molecule has 1 N–H and O–H groups in total. The molecule has 2 aromatic heterocycles. The Morgan fingerprint density at radius 1 is 1.47 bits per heavy atom. The molecule has 0 aliphatic heterocycles. The van der Waals surface area contributed by atoms with Crippen LogP contribution in [0.2, 0.25) is 0 Å². The van der Waals surface area contributed by atoms with E-state index in [9.17, 15) is 9.59 Å². The molecule has 0 radical (unpaired) electrons. The lowest BCUT2D eigenvalue weighted by Crippen LogP contribution is -2.39. The van der Waals surface area contributed by atoms with E-state index >= 15 is 0 Å². The molecule has 0 bridgehead atoms. The van der Waals surface area contributed by atoms with Crippen LogP contribution in [0.3, 0.4) is 0 Å². The average Bonchev–Trinajstić information content (AvgIpc) is 2.81. The summed E-state index contributed by atoms with van der Waals surface area (Å²) in [5.41, 5.74) is 0.523. The molecule has 0 spiro atoms. The minimum Gasteiger partial charge on any atom is -0.352 e. The summed E-state index contributed by atoms with van der Waals surface area (Å²) in [5, 5.41) is 4.70. The van der Waals surface area contributed by atoms with Gasteiger partial charge in [-0.1, -0.05) is 13.8 Å². The highest BCUT2D eigenvalue weighted by molar-refractivity contribution is 7.17. The number of nitrogens with zero attached hydrogens (tertiary/aromatic N) is 2. The van der Waals surface area contributed by atoms with E-state index in [1.165, 1.54) is 22.2 Å². The van der Waals surface area contributed by atoms with Crippen LogP contribution in [0.5, 0.6) is 0 Å². The molecule has 5 nitrogen and oxygen atoms in total. The minimum atomic E-state index is -0.166. The molecule has 1 atom stereocenters. The Bertz CT molecular complexity index is 645. The molecule has 0 saturated carbocycles. The fourth-order valence-electron chi connectivity index (χ4n) is 1.61. The smallest absolute Gasteiger partial charge is 0.271 e. The first-order chi connectivity index (χ1) is 8.99. The first-order valence-corrected chi connectivity index (χ1v) is 7.09. The zero-order chi connectivity index (χ0) is 14.0. The maximum Gasteiger partial charge on any atom is 0.271 e. The van der Waals surface area contributed by atoms with Gasteiger partial charge in [0, 0.05) is 6.04 Å². The van der Waals surface area contributed by atoms with Crippen LogP contribution in [0.4, 0.5) is 0 Å². The highest BCUT2D eigenvalue weighted by Gasteiger charge is 2.13. The summed E-state index contributed by atoms with van der Waals surface area (Å²) in [6.07, 6.45) is 1.43. The maximum absolute atomic E-state index is 12.1. The number of fused-ring (bicyclic) bond motifs is 1. The molecular formula is C13H17N3O2S. The zero-order valence-electron chi connectivity index (χ0n) is 11.2. The van der Waals surface area contributed by atoms with Gasteiger partial charge in [-0.15, -0.1) is 11.3 Å². The monoisotopic (exact) mass is 279 g/mol. The van der Waals surface area contributed by atoms with Gasteiger partial charge in [0.05, 0.1) is 11.8 Å². The van der Waals surface area contributed by atoms with Crippen molar-refractivity contribution in [2.75, 3.05) is 0 Å². The lowest BCUT2D eigenvalue weighted by molar-refractivity contribution is -0.122.